The molecule has 0 spiro atoms. The largest absolute Gasteiger partial charge is 0.326 e. The second-order valence-corrected chi connectivity index (χ2v) is 5.54. The van der Waals surface area contributed by atoms with Crippen LogP contribution >= 0.6 is 0 Å². The van der Waals surface area contributed by atoms with Crippen molar-refractivity contribution in [2.24, 2.45) is 11.7 Å². The van der Waals surface area contributed by atoms with Crippen molar-refractivity contribution >= 4 is 11.9 Å². The lowest BCUT2D eigenvalue weighted by atomic mass is 10.0. The molecule has 1 aliphatic rings. The van der Waals surface area contributed by atoms with Crippen molar-refractivity contribution in [2.45, 2.75) is 45.7 Å². The molecule has 1 unspecified atom stereocenters. The molecule has 0 aromatic heterocycles. The number of imide groups is 1. The fourth-order valence-electron chi connectivity index (χ4n) is 1.77. The second-order valence-electron chi connectivity index (χ2n) is 5.54. The van der Waals surface area contributed by atoms with Crippen LogP contribution in [0, 0.1) is 5.92 Å². The van der Waals surface area contributed by atoms with E-state index in [0.29, 0.717) is 12.3 Å². The van der Waals surface area contributed by atoms with E-state index in [9.17, 15) is 9.59 Å². The molecular formula is C11H21N3O2. The molecule has 1 aliphatic heterocycles. The molecule has 1 saturated heterocycles. The molecule has 0 bridgehead atoms. The lowest BCUT2D eigenvalue weighted by molar-refractivity contribution is -0.128. The van der Waals surface area contributed by atoms with E-state index in [1.807, 2.05) is 13.8 Å². The van der Waals surface area contributed by atoms with Crippen LogP contribution in [-0.4, -0.2) is 35.0 Å². The predicted molar refractivity (Wildman–Crippen MR) is 61.8 cm³/mol. The van der Waals surface area contributed by atoms with Crippen LogP contribution in [-0.2, 0) is 4.79 Å². The average Bonchev–Trinajstić information content (AvgIpc) is 2.29. The van der Waals surface area contributed by atoms with Crippen molar-refractivity contribution in [1.29, 1.82) is 0 Å². The predicted octanol–water partition coefficient (Wildman–Crippen LogP) is 0.690. The van der Waals surface area contributed by atoms with Crippen molar-refractivity contribution in [3.8, 4) is 0 Å². The molecule has 1 fully saturated rings. The summed E-state index contributed by atoms with van der Waals surface area (Å²) in [6, 6.07) is -0.705. The van der Waals surface area contributed by atoms with Gasteiger partial charge in [0.2, 0.25) is 0 Å². The topological polar surface area (TPSA) is 75.4 Å². The molecule has 1 rings (SSSR count). The minimum atomic E-state index is -0.556. The van der Waals surface area contributed by atoms with Gasteiger partial charge in [0.1, 0.15) is 6.04 Å². The number of nitrogens with two attached hydrogens (primary N) is 1. The van der Waals surface area contributed by atoms with Gasteiger partial charge in [-0.2, -0.15) is 0 Å². The third kappa shape index (κ3) is 3.20. The zero-order chi connectivity index (χ0) is 12.5. The molecule has 3 amide bonds. The Hall–Kier alpha value is -1.10. The zero-order valence-electron chi connectivity index (χ0n) is 10.4. The van der Waals surface area contributed by atoms with Gasteiger partial charge in [-0.1, -0.05) is 13.8 Å². The summed E-state index contributed by atoms with van der Waals surface area (Å²) in [5.41, 5.74) is 5.26. The van der Waals surface area contributed by atoms with E-state index < -0.39 is 5.54 Å². The van der Waals surface area contributed by atoms with Crippen LogP contribution in [0.15, 0.2) is 0 Å². The first-order valence-corrected chi connectivity index (χ1v) is 5.61. The van der Waals surface area contributed by atoms with Crippen molar-refractivity contribution in [3.05, 3.63) is 0 Å². The standard InChI is InChI=1S/C11H21N3O2/c1-7(2)5-8-9(15)14(10(16)13-8)6-11(3,4)12/h7-8H,5-6,12H2,1-4H3,(H,13,16). The summed E-state index contributed by atoms with van der Waals surface area (Å²) < 4.78 is 0. The third-order valence-electron chi connectivity index (χ3n) is 2.38. The van der Waals surface area contributed by atoms with E-state index in [0.717, 1.165) is 0 Å². The Morgan fingerprint density at radius 2 is 2.00 bits per heavy atom. The highest BCUT2D eigenvalue weighted by Crippen LogP contribution is 2.15. The summed E-state index contributed by atoms with van der Waals surface area (Å²) in [5.74, 6) is 0.220. The normalized spacial score (nSPS) is 21.9. The van der Waals surface area contributed by atoms with Crippen molar-refractivity contribution in [1.82, 2.24) is 10.2 Å². The monoisotopic (exact) mass is 227 g/mol. The summed E-state index contributed by atoms with van der Waals surface area (Å²) in [5, 5.41) is 2.69. The van der Waals surface area contributed by atoms with E-state index in [-0.39, 0.29) is 24.5 Å². The smallest absolute Gasteiger partial charge is 0.324 e. The Bertz CT molecular complexity index is 294. The van der Waals surface area contributed by atoms with Gasteiger partial charge in [-0.05, 0) is 26.2 Å². The SMILES string of the molecule is CC(C)CC1NC(=O)N(CC(C)(C)N)C1=O. The van der Waals surface area contributed by atoms with E-state index in [1.54, 1.807) is 13.8 Å². The number of nitrogens with zero attached hydrogens (tertiary/aromatic N) is 1. The Balaban J connectivity index is 2.68. The van der Waals surface area contributed by atoms with E-state index in [2.05, 4.69) is 5.32 Å². The number of carbonyl (C=O) groups is 2. The van der Waals surface area contributed by atoms with Crippen LogP contribution in [0.5, 0.6) is 0 Å². The van der Waals surface area contributed by atoms with Gasteiger partial charge in [0.05, 0.1) is 0 Å². The Labute approximate surface area is 96.4 Å². The fourth-order valence-corrected chi connectivity index (χ4v) is 1.77. The molecule has 1 atom stereocenters. The van der Waals surface area contributed by atoms with Crippen LogP contribution in [0.25, 0.3) is 0 Å². The molecule has 1 heterocycles. The van der Waals surface area contributed by atoms with Gasteiger partial charge in [0.25, 0.3) is 5.91 Å². The first-order valence-electron chi connectivity index (χ1n) is 5.61. The highest BCUT2D eigenvalue weighted by Gasteiger charge is 2.39. The number of hydrogen-bond donors (Lipinski definition) is 2. The summed E-state index contributed by atoms with van der Waals surface area (Å²) in [4.78, 5) is 24.7. The Morgan fingerprint density at radius 1 is 1.44 bits per heavy atom. The Kier molecular flexibility index (Phi) is 3.57. The quantitative estimate of drug-likeness (QED) is 0.694. The average molecular weight is 227 g/mol. The number of hydrogen-bond acceptors (Lipinski definition) is 3. The maximum atomic E-state index is 11.9. The van der Waals surface area contributed by atoms with Crippen LogP contribution in [0.3, 0.4) is 0 Å². The minimum absolute atomic E-state index is 0.155. The van der Waals surface area contributed by atoms with Crippen LogP contribution in [0.1, 0.15) is 34.1 Å². The molecule has 0 aromatic rings. The number of nitrogens with one attached hydrogen (secondary N) is 1. The first-order chi connectivity index (χ1) is 7.20. The van der Waals surface area contributed by atoms with Crippen LogP contribution in [0.2, 0.25) is 0 Å². The maximum Gasteiger partial charge on any atom is 0.324 e. The molecule has 0 aliphatic carbocycles. The summed E-state index contributed by atoms with van der Waals surface area (Å²) in [6.07, 6.45) is 0.673. The lowest BCUT2D eigenvalue weighted by Gasteiger charge is -2.24. The van der Waals surface area contributed by atoms with Gasteiger partial charge in [0.15, 0.2) is 0 Å². The van der Waals surface area contributed by atoms with Crippen molar-refractivity contribution < 1.29 is 9.59 Å². The van der Waals surface area contributed by atoms with Crippen LogP contribution in [0.4, 0.5) is 4.79 Å². The number of carbonyl (C=O) groups excluding carboxylic acids is 2. The minimum Gasteiger partial charge on any atom is -0.326 e. The van der Waals surface area contributed by atoms with Gasteiger partial charge in [0, 0.05) is 12.1 Å². The molecule has 16 heavy (non-hydrogen) atoms. The lowest BCUT2D eigenvalue weighted by Crippen LogP contribution is -2.48. The van der Waals surface area contributed by atoms with Crippen molar-refractivity contribution in [2.75, 3.05) is 6.54 Å². The molecule has 0 aromatic carbocycles. The van der Waals surface area contributed by atoms with E-state index >= 15 is 0 Å². The highest BCUT2D eigenvalue weighted by atomic mass is 16.2. The molecule has 5 heteroatoms. The van der Waals surface area contributed by atoms with Crippen LogP contribution < -0.4 is 11.1 Å². The summed E-state index contributed by atoms with van der Waals surface area (Å²) in [6.45, 7) is 7.89. The molecular weight excluding hydrogens is 206 g/mol. The van der Waals surface area contributed by atoms with E-state index in [1.165, 1.54) is 4.90 Å². The molecule has 0 saturated carbocycles. The maximum absolute atomic E-state index is 11.9. The Morgan fingerprint density at radius 3 is 2.44 bits per heavy atom. The molecule has 3 N–H and O–H groups in total. The third-order valence-corrected chi connectivity index (χ3v) is 2.38. The summed E-state index contributed by atoms with van der Waals surface area (Å²) in [7, 11) is 0. The van der Waals surface area contributed by atoms with Gasteiger partial charge in [-0.3, -0.25) is 9.69 Å². The highest BCUT2D eigenvalue weighted by molar-refractivity contribution is 6.04. The van der Waals surface area contributed by atoms with Gasteiger partial charge in [-0.25, -0.2) is 4.79 Å². The number of amides is 3. The molecule has 0 radical (unpaired) electrons. The van der Waals surface area contributed by atoms with Gasteiger partial charge >= 0.3 is 6.03 Å². The number of urea groups is 1. The van der Waals surface area contributed by atoms with E-state index in [4.69, 9.17) is 5.73 Å². The zero-order valence-corrected chi connectivity index (χ0v) is 10.4. The number of rotatable bonds is 4. The first kappa shape index (κ1) is 13.0. The van der Waals surface area contributed by atoms with Crippen molar-refractivity contribution in [3.63, 3.8) is 0 Å². The summed E-state index contributed by atoms with van der Waals surface area (Å²) >= 11 is 0. The second kappa shape index (κ2) is 4.41. The van der Waals surface area contributed by atoms with Gasteiger partial charge < -0.3 is 11.1 Å². The molecule has 5 nitrogen and oxygen atoms in total. The van der Waals surface area contributed by atoms with Gasteiger partial charge in [-0.15, -0.1) is 0 Å². The molecule has 92 valence electrons. The fraction of sp³-hybridized carbons (Fsp3) is 0.818.